The molecule has 1 amide bonds. The minimum atomic E-state index is -0.757. The fourth-order valence-corrected chi connectivity index (χ4v) is 2.96. The monoisotopic (exact) mass is 254 g/mol. The lowest BCUT2D eigenvalue weighted by atomic mass is 9.80. The zero-order chi connectivity index (χ0) is 13.3. The van der Waals surface area contributed by atoms with Gasteiger partial charge in [0, 0.05) is 19.1 Å². The molecule has 1 aliphatic carbocycles. The maximum absolute atomic E-state index is 12.3. The van der Waals surface area contributed by atoms with Crippen molar-refractivity contribution in [1.29, 1.82) is 0 Å². The first kappa shape index (κ1) is 13.3. The summed E-state index contributed by atoms with van der Waals surface area (Å²) in [5, 5.41) is 9.15. The lowest BCUT2D eigenvalue weighted by Crippen LogP contribution is -2.49. The third kappa shape index (κ3) is 2.36. The van der Waals surface area contributed by atoms with E-state index in [-0.39, 0.29) is 17.9 Å². The Balaban J connectivity index is 1.93. The molecule has 0 bridgehead atoms. The van der Waals surface area contributed by atoms with Crippen molar-refractivity contribution in [3.05, 3.63) is 0 Å². The summed E-state index contributed by atoms with van der Waals surface area (Å²) < 4.78 is 0. The van der Waals surface area contributed by atoms with Crippen LogP contribution >= 0.6 is 0 Å². The number of carbonyl (C=O) groups excluding carboxylic acids is 1. The van der Waals surface area contributed by atoms with E-state index in [9.17, 15) is 9.59 Å². The van der Waals surface area contributed by atoms with E-state index in [1.54, 1.807) is 11.8 Å². The highest BCUT2D eigenvalue weighted by molar-refractivity contribution is 5.81. The van der Waals surface area contributed by atoms with Crippen LogP contribution in [0.25, 0.3) is 0 Å². The average Bonchev–Trinajstić information content (AvgIpc) is 2.75. The summed E-state index contributed by atoms with van der Waals surface area (Å²) in [6.07, 6.45) is 3.91. The number of piperidine rings is 1. The maximum Gasteiger partial charge on any atom is 0.309 e. The lowest BCUT2D eigenvalue weighted by Gasteiger charge is -2.38. The molecule has 0 spiro atoms. The molecule has 0 radical (unpaired) electrons. The Morgan fingerprint density at radius 1 is 1.28 bits per heavy atom. The lowest BCUT2D eigenvalue weighted by molar-refractivity contribution is -0.153. The Bertz CT molecular complexity index is 348. The largest absolute Gasteiger partial charge is 0.481 e. The number of aliphatic carboxylic acids is 1. The van der Waals surface area contributed by atoms with Crippen molar-refractivity contribution < 1.29 is 14.7 Å². The second kappa shape index (κ2) is 4.88. The van der Waals surface area contributed by atoms with Gasteiger partial charge in [0.2, 0.25) is 5.91 Å². The molecule has 18 heavy (non-hydrogen) atoms. The zero-order valence-corrected chi connectivity index (χ0v) is 10.9. The summed E-state index contributed by atoms with van der Waals surface area (Å²) in [4.78, 5) is 25.2. The van der Waals surface area contributed by atoms with Crippen molar-refractivity contribution >= 4 is 11.9 Å². The molecule has 1 saturated heterocycles. The normalized spacial score (nSPS) is 31.3. The Morgan fingerprint density at radius 3 is 2.33 bits per heavy atom. The van der Waals surface area contributed by atoms with Gasteiger partial charge in [0.05, 0.1) is 11.3 Å². The molecule has 1 heterocycles. The molecular formula is C13H22N2O3. The van der Waals surface area contributed by atoms with Gasteiger partial charge >= 0.3 is 5.97 Å². The minimum absolute atomic E-state index is 0.00900. The first-order valence-corrected chi connectivity index (χ1v) is 6.72. The summed E-state index contributed by atoms with van der Waals surface area (Å²) >= 11 is 0. The third-order valence-electron chi connectivity index (χ3n) is 4.58. The van der Waals surface area contributed by atoms with Crippen LogP contribution in [0, 0.1) is 11.3 Å². The van der Waals surface area contributed by atoms with Gasteiger partial charge < -0.3 is 15.7 Å². The number of likely N-dealkylation sites (tertiary alicyclic amines) is 1. The number of rotatable bonds is 2. The number of hydrogen-bond acceptors (Lipinski definition) is 3. The molecule has 3 N–H and O–H groups in total. The molecular weight excluding hydrogens is 232 g/mol. The topological polar surface area (TPSA) is 83.6 Å². The zero-order valence-electron chi connectivity index (χ0n) is 10.9. The number of carbonyl (C=O) groups is 2. The standard InChI is InChI=1S/C13H22N2O3/c1-13(12(17)18)5-7-15(8-6-13)11(16)9-3-2-4-10(9)14/h9-10H,2-8,14H2,1H3,(H,17,18). The summed E-state index contributed by atoms with van der Waals surface area (Å²) in [6, 6.07) is -0.00900. The number of carboxylic acids is 1. The Hall–Kier alpha value is -1.10. The van der Waals surface area contributed by atoms with Gasteiger partial charge in [-0.1, -0.05) is 6.42 Å². The summed E-state index contributed by atoms with van der Waals surface area (Å²) in [6.45, 7) is 2.86. The van der Waals surface area contributed by atoms with Crippen molar-refractivity contribution in [3.8, 4) is 0 Å². The van der Waals surface area contributed by atoms with Crippen LogP contribution in [0.15, 0.2) is 0 Å². The Labute approximate surface area is 107 Å². The van der Waals surface area contributed by atoms with Gasteiger partial charge in [-0.3, -0.25) is 9.59 Å². The van der Waals surface area contributed by atoms with Gasteiger partial charge in [0.1, 0.15) is 0 Å². The number of carboxylic acid groups (broad SMARTS) is 1. The highest BCUT2D eigenvalue weighted by Crippen LogP contribution is 2.33. The molecule has 0 aromatic rings. The predicted octanol–water partition coefficient (Wildman–Crippen LogP) is 0.827. The van der Waals surface area contributed by atoms with Crippen molar-refractivity contribution in [3.63, 3.8) is 0 Å². The van der Waals surface area contributed by atoms with Gasteiger partial charge in [-0.2, -0.15) is 0 Å². The van der Waals surface area contributed by atoms with E-state index in [0.717, 1.165) is 19.3 Å². The summed E-state index contributed by atoms with van der Waals surface area (Å²) in [7, 11) is 0. The fraction of sp³-hybridized carbons (Fsp3) is 0.846. The highest BCUT2D eigenvalue weighted by atomic mass is 16.4. The molecule has 2 unspecified atom stereocenters. The van der Waals surface area contributed by atoms with E-state index in [0.29, 0.717) is 25.9 Å². The van der Waals surface area contributed by atoms with Crippen LogP contribution < -0.4 is 5.73 Å². The summed E-state index contributed by atoms with van der Waals surface area (Å²) in [5.74, 6) is -0.668. The van der Waals surface area contributed by atoms with Crippen molar-refractivity contribution in [2.45, 2.75) is 45.1 Å². The van der Waals surface area contributed by atoms with Crippen LogP contribution in [0.5, 0.6) is 0 Å². The quantitative estimate of drug-likeness (QED) is 0.764. The number of nitrogens with zero attached hydrogens (tertiary/aromatic N) is 1. The molecule has 1 saturated carbocycles. The van der Waals surface area contributed by atoms with Crippen molar-refractivity contribution in [2.24, 2.45) is 17.1 Å². The van der Waals surface area contributed by atoms with Crippen LogP contribution in [0.3, 0.4) is 0 Å². The van der Waals surface area contributed by atoms with Crippen molar-refractivity contribution in [1.82, 2.24) is 4.90 Å². The molecule has 2 fully saturated rings. The second-order valence-electron chi connectivity index (χ2n) is 5.89. The molecule has 102 valence electrons. The Kier molecular flexibility index (Phi) is 3.61. The molecule has 5 heteroatoms. The first-order valence-electron chi connectivity index (χ1n) is 6.72. The SMILES string of the molecule is CC1(C(=O)O)CCN(C(=O)C2CCCC2N)CC1. The van der Waals surface area contributed by atoms with Gasteiger partial charge in [0.25, 0.3) is 0 Å². The van der Waals surface area contributed by atoms with E-state index in [4.69, 9.17) is 10.8 Å². The van der Waals surface area contributed by atoms with Crippen LogP contribution in [0.4, 0.5) is 0 Å². The number of amides is 1. The van der Waals surface area contributed by atoms with Crippen molar-refractivity contribution in [2.75, 3.05) is 13.1 Å². The van der Waals surface area contributed by atoms with Crippen LogP contribution in [-0.2, 0) is 9.59 Å². The van der Waals surface area contributed by atoms with Crippen LogP contribution in [0.1, 0.15) is 39.0 Å². The third-order valence-corrected chi connectivity index (χ3v) is 4.58. The van der Waals surface area contributed by atoms with Gasteiger partial charge in [-0.25, -0.2) is 0 Å². The number of hydrogen-bond donors (Lipinski definition) is 2. The molecule has 0 aromatic carbocycles. The smallest absolute Gasteiger partial charge is 0.309 e. The molecule has 0 aromatic heterocycles. The summed E-state index contributed by atoms with van der Waals surface area (Å²) in [5.41, 5.74) is 5.27. The first-order chi connectivity index (χ1) is 8.44. The maximum atomic E-state index is 12.3. The fourth-order valence-electron chi connectivity index (χ4n) is 2.96. The van der Waals surface area contributed by atoms with Gasteiger partial charge in [-0.15, -0.1) is 0 Å². The van der Waals surface area contributed by atoms with Gasteiger partial charge in [0.15, 0.2) is 0 Å². The molecule has 2 rings (SSSR count). The molecule has 5 nitrogen and oxygen atoms in total. The molecule has 2 atom stereocenters. The van der Waals surface area contributed by atoms with Crippen LogP contribution in [0.2, 0.25) is 0 Å². The van der Waals surface area contributed by atoms with E-state index >= 15 is 0 Å². The van der Waals surface area contributed by atoms with E-state index < -0.39 is 11.4 Å². The molecule has 1 aliphatic heterocycles. The predicted molar refractivity (Wildman–Crippen MR) is 66.9 cm³/mol. The van der Waals surface area contributed by atoms with Crippen LogP contribution in [-0.4, -0.2) is 41.0 Å². The number of nitrogens with two attached hydrogens (primary N) is 1. The minimum Gasteiger partial charge on any atom is -0.481 e. The van der Waals surface area contributed by atoms with Gasteiger partial charge in [-0.05, 0) is 32.6 Å². The van der Waals surface area contributed by atoms with E-state index in [2.05, 4.69) is 0 Å². The van der Waals surface area contributed by atoms with E-state index in [1.165, 1.54) is 0 Å². The van der Waals surface area contributed by atoms with E-state index in [1.807, 2.05) is 0 Å². The Morgan fingerprint density at radius 2 is 1.89 bits per heavy atom. The second-order valence-corrected chi connectivity index (χ2v) is 5.89. The average molecular weight is 254 g/mol. The highest BCUT2D eigenvalue weighted by Gasteiger charge is 2.40. The molecule has 2 aliphatic rings.